The molecule has 6 heteroatoms. The molecule has 1 aliphatic carbocycles. The molecule has 2 N–H and O–H groups in total. The van der Waals surface area contributed by atoms with E-state index in [4.69, 9.17) is 14.2 Å². The molecule has 128 valence electrons. The van der Waals surface area contributed by atoms with Gasteiger partial charge in [0, 0.05) is 12.6 Å². The minimum Gasteiger partial charge on any atom is -0.444 e. The van der Waals surface area contributed by atoms with E-state index >= 15 is 0 Å². The van der Waals surface area contributed by atoms with Gasteiger partial charge in [0.05, 0.1) is 19.3 Å². The highest BCUT2D eigenvalue weighted by Crippen LogP contribution is 2.32. The van der Waals surface area contributed by atoms with Gasteiger partial charge >= 0.3 is 6.09 Å². The highest BCUT2D eigenvalue weighted by molar-refractivity contribution is 5.68. The van der Waals surface area contributed by atoms with E-state index in [-0.39, 0.29) is 18.2 Å². The summed E-state index contributed by atoms with van der Waals surface area (Å²) in [6.45, 7) is 11.4. The number of nitrogens with one attached hydrogen (secondary N) is 2. The number of hydrogen-bond donors (Lipinski definition) is 2. The first kappa shape index (κ1) is 17.5. The quantitative estimate of drug-likeness (QED) is 0.812. The summed E-state index contributed by atoms with van der Waals surface area (Å²) >= 11 is 0. The van der Waals surface area contributed by atoms with Crippen LogP contribution in [0.5, 0.6) is 0 Å². The minimum absolute atomic E-state index is 0.102. The lowest BCUT2D eigenvalue weighted by molar-refractivity contribution is -0.252. The van der Waals surface area contributed by atoms with Crippen molar-refractivity contribution in [1.82, 2.24) is 10.6 Å². The van der Waals surface area contributed by atoms with E-state index in [1.165, 1.54) is 0 Å². The Morgan fingerprint density at radius 1 is 1.27 bits per heavy atom. The Bertz CT molecular complexity index is 378. The Balaban J connectivity index is 1.74. The molecule has 0 radical (unpaired) electrons. The summed E-state index contributed by atoms with van der Waals surface area (Å²) in [5.41, 5.74) is -0.470. The Morgan fingerprint density at radius 3 is 2.36 bits per heavy atom. The first-order valence-corrected chi connectivity index (χ1v) is 8.15. The summed E-state index contributed by atoms with van der Waals surface area (Å²) in [5.74, 6) is 0.0462. The first-order chi connectivity index (χ1) is 10.1. The first-order valence-electron chi connectivity index (χ1n) is 8.15. The molecule has 1 aliphatic heterocycles. The molecule has 1 amide bonds. The lowest BCUT2D eigenvalue weighted by atomic mass is 10.1. The Labute approximate surface area is 133 Å². The summed E-state index contributed by atoms with van der Waals surface area (Å²) in [6.07, 6.45) is 1.98. The molecule has 22 heavy (non-hydrogen) atoms. The van der Waals surface area contributed by atoms with Crippen LogP contribution in [0, 0.1) is 5.92 Å². The van der Waals surface area contributed by atoms with Gasteiger partial charge in [0.2, 0.25) is 0 Å². The fourth-order valence-corrected chi connectivity index (χ4v) is 2.40. The summed E-state index contributed by atoms with van der Waals surface area (Å²) in [5, 5.41) is 6.41. The predicted octanol–water partition coefficient (Wildman–Crippen LogP) is 2.03. The van der Waals surface area contributed by atoms with Crippen LogP contribution < -0.4 is 10.6 Å². The molecular formula is C16H30N2O4. The van der Waals surface area contributed by atoms with Gasteiger partial charge in [0.25, 0.3) is 0 Å². The third-order valence-corrected chi connectivity index (χ3v) is 3.78. The second-order valence-electron chi connectivity index (χ2n) is 7.72. The molecular weight excluding hydrogens is 284 g/mol. The van der Waals surface area contributed by atoms with Gasteiger partial charge in [-0.2, -0.15) is 0 Å². The highest BCUT2D eigenvalue weighted by atomic mass is 16.7. The Morgan fingerprint density at radius 2 is 1.86 bits per heavy atom. The van der Waals surface area contributed by atoms with Crippen LogP contribution in [-0.2, 0) is 14.2 Å². The third-order valence-electron chi connectivity index (χ3n) is 3.78. The van der Waals surface area contributed by atoms with Crippen LogP contribution in [0.2, 0.25) is 0 Å². The largest absolute Gasteiger partial charge is 0.444 e. The number of ether oxygens (including phenoxy) is 3. The van der Waals surface area contributed by atoms with Gasteiger partial charge in [0.15, 0.2) is 5.79 Å². The van der Waals surface area contributed by atoms with Crippen LogP contribution in [0.25, 0.3) is 0 Å². The maximum atomic E-state index is 11.9. The highest BCUT2D eigenvalue weighted by Gasteiger charge is 2.34. The van der Waals surface area contributed by atoms with Crippen LogP contribution in [-0.4, -0.2) is 49.3 Å². The Hall–Kier alpha value is -0.850. The van der Waals surface area contributed by atoms with Crippen LogP contribution in [0.3, 0.4) is 0 Å². The van der Waals surface area contributed by atoms with Gasteiger partial charge < -0.3 is 24.8 Å². The van der Waals surface area contributed by atoms with Crippen LogP contribution in [0.15, 0.2) is 0 Å². The molecule has 2 rings (SSSR count). The molecule has 2 aliphatic rings. The maximum Gasteiger partial charge on any atom is 0.407 e. The summed E-state index contributed by atoms with van der Waals surface area (Å²) in [6, 6.07) is 0.263. The molecule has 1 saturated heterocycles. The molecule has 2 fully saturated rings. The number of rotatable bonds is 5. The van der Waals surface area contributed by atoms with Crippen molar-refractivity contribution in [1.29, 1.82) is 0 Å². The SMILES string of the molecule is CC(C)(C)OC(=O)NC(CNC1COC(C)(C)OC1)C1CC1. The fraction of sp³-hybridized carbons (Fsp3) is 0.938. The fourth-order valence-electron chi connectivity index (χ4n) is 2.40. The van der Waals surface area contributed by atoms with Crippen molar-refractivity contribution in [3.05, 3.63) is 0 Å². The predicted molar refractivity (Wildman–Crippen MR) is 83.7 cm³/mol. The topological polar surface area (TPSA) is 68.8 Å². The standard InChI is InChI=1S/C16H30N2O4/c1-15(2,3)22-14(19)18-13(11-6-7-11)8-17-12-9-20-16(4,5)21-10-12/h11-13,17H,6-10H2,1-5H3,(H,18,19). The zero-order chi connectivity index (χ0) is 16.4. The molecule has 0 aromatic heterocycles. The molecule has 1 atom stereocenters. The number of hydrogen-bond acceptors (Lipinski definition) is 5. The van der Waals surface area contributed by atoms with E-state index in [0.29, 0.717) is 25.7 Å². The smallest absolute Gasteiger partial charge is 0.407 e. The summed E-state index contributed by atoms with van der Waals surface area (Å²) in [4.78, 5) is 11.9. The average Bonchev–Trinajstić information content (AvgIpc) is 3.17. The molecule has 1 saturated carbocycles. The van der Waals surface area contributed by atoms with E-state index < -0.39 is 11.4 Å². The van der Waals surface area contributed by atoms with Gasteiger partial charge in [-0.15, -0.1) is 0 Å². The lowest BCUT2D eigenvalue weighted by Crippen LogP contribution is -2.53. The van der Waals surface area contributed by atoms with Gasteiger partial charge in [0.1, 0.15) is 5.60 Å². The molecule has 6 nitrogen and oxygen atoms in total. The monoisotopic (exact) mass is 314 g/mol. The van der Waals surface area contributed by atoms with Gasteiger partial charge in [-0.1, -0.05) is 0 Å². The lowest BCUT2D eigenvalue weighted by Gasteiger charge is -2.36. The number of carbonyl (C=O) groups is 1. The molecule has 0 spiro atoms. The average molecular weight is 314 g/mol. The van der Waals surface area contributed by atoms with Gasteiger partial charge in [-0.3, -0.25) is 0 Å². The van der Waals surface area contributed by atoms with E-state index in [0.717, 1.165) is 12.8 Å². The van der Waals surface area contributed by atoms with Crippen molar-refractivity contribution in [3.63, 3.8) is 0 Å². The van der Waals surface area contributed by atoms with Crippen molar-refractivity contribution in [3.8, 4) is 0 Å². The minimum atomic E-state index is -0.497. The Kier molecular flexibility index (Phi) is 5.35. The van der Waals surface area contributed by atoms with Crippen molar-refractivity contribution >= 4 is 6.09 Å². The van der Waals surface area contributed by atoms with Crippen LogP contribution >= 0.6 is 0 Å². The molecule has 0 aromatic rings. The van der Waals surface area contributed by atoms with Crippen molar-refractivity contribution < 1.29 is 19.0 Å². The summed E-state index contributed by atoms with van der Waals surface area (Å²) < 4.78 is 16.6. The number of carbonyl (C=O) groups excluding carboxylic acids is 1. The molecule has 0 aromatic carbocycles. The van der Waals surface area contributed by atoms with Crippen molar-refractivity contribution in [2.45, 2.75) is 70.9 Å². The van der Waals surface area contributed by atoms with Crippen molar-refractivity contribution in [2.24, 2.45) is 5.92 Å². The summed E-state index contributed by atoms with van der Waals surface area (Å²) in [7, 11) is 0. The van der Waals surface area contributed by atoms with E-state index in [1.807, 2.05) is 34.6 Å². The second-order valence-corrected chi connectivity index (χ2v) is 7.72. The van der Waals surface area contributed by atoms with Crippen LogP contribution in [0.4, 0.5) is 4.79 Å². The van der Waals surface area contributed by atoms with Crippen LogP contribution in [0.1, 0.15) is 47.5 Å². The number of amides is 1. The van der Waals surface area contributed by atoms with Gasteiger partial charge in [-0.25, -0.2) is 4.79 Å². The van der Waals surface area contributed by atoms with Crippen molar-refractivity contribution in [2.75, 3.05) is 19.8 Å². The number of alkyl carbamates (subject to hydrolysis) is 1. The molecule has 0 bridgehead atoms. The zero-order valence-corrected chi connectivity index (χ0v) is 14.4. The van der Waals surface area contributed by atoms with E-state index in [1.54, 1.807) is 0 Å². The third kappa shape index (κ3) is 6.10. The zero-order valence-electron chi connectivity index (χ0n) is 14.4. The normalized spacial score (nSPS) is 23.9. The van der Waals surface area contributed by atoms with E-state index in [9.17, 15) is 4.79 Å². The van der Waals surface area contributed by atoms with Gasteiger partial charge in [-0.05, 0) is 53.4 Å². The molecule has 1 heterocycles. The van der Waals surface area contributed by atoms with E-state index in [2.05, 4.69) is 10.6 Å². The molecule has 1 unspecified atom stereocenters. The second kappa shape index (κ2) is 6.72. The maximum absolute atomic E-state index is 11.9.